The largest absolute Gasteiger partial charge is 0.381 e. The van der Waals surface area contributed by atoms with Gasteiger partial charge < -0.3 is 15.0 Å². The van der Waals surface area contributed by atoms with Gasteiger partial charge in [0.15, 0.2) is 0 Å². The minimum atomic E-state index is 0.637. The second-order valence-corrected chi connectivity index (χ2v) is 5.94. The lowest BCUT2D eigenvalue weighted by atomic mass is 9.95. The van der Waals surface area contributed by atoms with E-state index >= 15 is 0 Å². The van der Waals surface area contributed by atoms with Crippen molar-refractivity contribution >= 4 is 11.8 Å². The van der Waals surface area contributed by atoms with Gasteiger partial charge >= 0.3 is 0 Å². The van der Waals surface area contributed by atoms with Gasteiger partial charge in [-0.15, -0.1) is 0 Å². The first kappa shape index (κ1) is 15.3. The molecule has 1 saturated heterocycles. The molecule has 17 heavy (non-hydrogen) atoms. The van der Waals surface area contributed by atoms with E-state index in [0.717, 1.165) is 32.7 Å². The molecule has 3 unspecified atom stereocenters. The van der Waals surface area contributed by atoms with Gasteiger partial charge in [-0.2, -0.15) is 11.8 Å². The number of rotatable bonds is 7. The van der Waals surface area contributed by atoms with E-state index in [9.17, 15) is 0 Å². The molecule has 1 heterocycles. The van der Waals surface area contributed by atoms with Gasteiger partial charge in [0.1, 0.15) is 0 Å². The topological polar surface area (TPSA) is 24.5 Å². The first-order chi connectivity index (χ1) is 8.19. The first-order valence-electron chi connectivity index (χ1n) is 6.69. The number of ether oxygens (including phenoxy) is 1. The van der Waals surface area contributed by atoms with E-state index < -0.39 is 0 Å². The Morgan fingerprint density at radius 1 is 1.53 bits per heavy atom. The van der Waals surface area contributed by atoms with Crippen LogP contribution in [0, 0.1) is 5.92 Å². The fourth-order valence-corrected chi connectivity index (χ4v) is 3.16. The normalized spacial score (nSPS) is 27.4. The Hall–Kier alpha value is 0.230. The molecule has 0 spiro atoms. The van der Waals surface area contributed by atoms with Gasteiger partial charge in [-0.1, -0.05) is 6.92 Å². The van der Waals surface area contributed by atoms with Crippen LogP contribution in [0.4, 0.5) is 0 Å². The average Bonchev–Trinajstić information content (AvgIpc) is 2.32. The lowest BCUT2D eigenvalue weighted by Crippen LogP contribution is -2.48. The second-order valence-electron chi connectivity index (χ2n) is 5.03. The van der Waals surface area contributed by atoms with Crippen molar-refractivity contribution < 1.29 is 4.74 Å². The van der Waals surface area contributed by atoms with Gasteiger partial charge in [-0.3, -0.25) is 0 Å². The van der Waals surface area contributed by atoms with Crippen LogP contribution >= 0.6 is 11.8 Å². The molecule has 3 nitrogen and oxygen atoms in total. The smallest absolute Gasteiger partial charge is 0.0521 e. The van der Waals surface area contributed by atoms with Crippen LogP contribution in [0.25, 0.3) is 0 Å². The Bertz CT molecular complexity index is 202. The first-order valence-corrected chi connectivity index (χ1v) is 8.08. The van der Waals surface area contributed by atoms with Crippen molar-refractivity contribution in [2.45, 2.75) is 32.4 Å². The predicted octanol–water partition coefficient (Wildman–Crippen LogP) is 1.68. The van der Waals surface area contributed by atoms with E-state index in [4.69, 9.17) is 4.74 Å². The summed E-state index contributed by atoms with van der Waals surface area (Å²) >= 11 is 1.92. The summed E-state index contributed by atoms with van der Waals surface area (Å²) in [5.41, 5.74) is 0. The van der Waals surface area contributed by atoms with Gasteiger partial charge in [0, 0.05) is 36.9 Å². The van der Waals surface area contributed by atoms with Crippen LogP contribution in [-0.2, 0) is 4.74 Å². The van der Waals surface area contributed by atoms with Crippen molar-refractivity contribution in [2.24, 2.45) is 5.92 Å². The van der Waals surface area contributed by atoms with Crippen molar-refractivity contribution in [3.05, 3.63) is 0 Å². The van der Waals surface area contributed by atoms with E-state index in [-0.39, 0.29) is 0 Å². The zero-order valence-corrected chi connectivity index (χ0v) is 12.6. The number of hydrogen-bond donors (Lipinski definition) is 1. The van der Waals surface area contributed by atoms with Crippen LogP contribution < -0.4 is 5.32 Å². The number of thioether (sulfide) groups is 1. The average molecular weight is 260 g/mol. The standard InChI is InChI=1S/C13H28N2OS/c1-5-14-13-6-7-16-9-12(13)8-15(3)11(2)10-17-4/h11-14H,5-10H2,1-4H3. The molecule has 0 aromatic rings. The summed E-state index contributed by atoms with van der Waals surface area (Å²) in [4.78, 5) is 2.47. The second kappa shape index (κ2) is 8.35. The SMILES string of the molecule is CCNC1CCOCC1CN(C)C(C)CSC. The highest BCUT2D eigenvalue weighted by molar-refractivity contribution is 7.98. The van der Waals surface area contributed by atoms with Crippen LogP contribution in [0.1, 0.15) is 20.3 Å². The molecule has 3 atom stereocenters. The third-order valence-electron chi connectivity index (χ3n) is 3.62. The van der Waals surface area contributed by atoms with Crippen molar-refractivity contribution in [1.82, 2.24) is 10.2 Å². The molecule has 0 aromatic heterocycles. The number of hydrogen-bond acceptors (Lipinski definition) is 4. The van der Waals surface area contributed by atoms with Gasteiger partial charge in [-0.05, 0) is 33.2 Å². The van der Waals surface area contributed by atoms with Gasteiger partial charge in [0.05, 0.1) is 6.61 Å². The fraction of sp³-hybridized carbons (Fsp3) is 1.00. The van der Waals surface area contributed by atoms with Crippen LogP contribution in [0.15, 0.2) is 0 Å². The minimum absolute atomic E-state index is 0.637. The molecule has 1 rings (SSSR count). The zero-order chi connectivity index (χ0) is 12.7. The van der Waals surface area contributed by atoms with E-state index in [2.05, 4.69) is 37.4 Å². The Morgan fingerprint density at radius 2 is 2.29 bits per heavy atom. The van der Waals surface area contributed by atoms with E-state index in [1.54, 1.807) is 0 Å². The molecule has 4 heteroatoms. The molecule has 1 aliphatic rings. The predicted molar refractivity (Wildman–Crippen MR) is 76.9 cm³/mol. The fourth-order valence-electron chi connectivity index (χ4n) is 2.43. The van der Waals surface area contributed by atoms with E-state index in [1.807, 2.05) is 11.8 Å². The Kier molecular flexibility index (Phi) is 7.51. The highest BCUT2D eigenvalue weighted by atomic mass is 32.2. The quantitative estimate of drug-likeness (QED) is 0.753. The minimum Gasteiger partial charge on any atom is -0.381 e. The lowest BCUT2D eigenvalue weighted by molar-refractivity contribution is 0.0170. The third kappa shape index (κ3) is 5.16. The number of nitrogens with zero attached hydrogens (tertiary/aromatic N) is 1. The van der Waals surface area contributed by atoms with Crippen molar-refractivity contribution in [1.29, 1.82) is 0 Å². The maximum atomic E-state index is 5.63. The molecule has 1 fully saturated rings. The zero-order valence-electron chi connectivity index (χ0n) is 11.7. The van der Waals surface area contributed by atoms with Gasteiger partial charge in [-0.25, -0.2) is 0 Å². The maximum Gasteiger partial charge on any atom is 0.0521 e. The van der Waals surface area contributed by atoms with Gasteiger partial charge in [0.2, 0.25) is 0 Å². The van der Waals surface area contributed by atoms with E-state index in [1.165, 1.54) is 5.75 Å². The lowest BCUT2D eigenvalue weighted by Gasteiger charge is -2.36. The molecule has 1 aliphatic heterocycles. The van der Waals surface area contributed by atoms with Crippen molar-refractivity contribution in [3.8, 4) is 0 Å². The molecule has 102 valence electrons. The summed E-state index contributed by atoms with van der Waals surface area (Å²) in [6, 6.07) is 1.28. The Balaban J connectivity index is 2.40. The van der Waals surface area contributed by atoms with E-state index in [0.29, 0.717) is 18.0 Å². The molecule has 0 aromatic carbocycles. The van der Waals surface area contributed by atoms with Gasteiger partial charge in [0.25, 0.3) is 0 Å². The monoisotopic (exact) mass is 260 g/mol. The van der Waals surface area contributed by atoms with Crippen molar-refractivity contribution in [3.63, 3.8) is 0 Å². The van der Waals surface area contributed by atoms with Crippen LogP contribution in [0.5, 0.6) is 0 Å². The number of nitrogens with one attached hydrogen (secondary N) is 1. The highest BCUT2D eigenvalue weighted by Gasteiger charge is 2.26. The van der Waals surface area contributed by atoms with Crippen LogP contribution in [0.3, 0.4) is 0 Å². The summed E-state index contributed by atoms with van der Waals surface area (Å²) in [6.07, 6.45) is 3.33. The molecule has 0 aliphatic carbocycles. The van der Waals surface area contributed by atoms with Crippen LogP contribution in [-0.4, -0.2) is 62.3 Å². The summed E-state index contributed by atoms with van der Waals surface area (Å²) in [7, 11) is 2.23. The van der Waals surface area contributed by atoms with Crippen LogP contribution in [0.2, 0.25) is 0 Å². The molecular weight excluding hydrogens is 232 g/mol. The third-order valence-corrected chi connectivity index (χ3v) is 4.44. The summed E-state index contributed by atoms with van der Waals surface area (Å²) in [5.74, 6) is 1.84. The molecule has 0 saturated carbocycles. The highest BCUT2D eigenvalue weighted by Crippen LogP contribution is 2.17. The Labute approximate surface area is 111 Å². The summed E-state index contributed by atoms with van der Waals surface area (Å²) in [6.45, 7) is 8.52. The summed E-state index contributed by atoms with van der Waals surface area (Å²) < 4.78 is 5.63. The Morgan fingerprint density at radius 3 is 2.94 bits per heavy atom. The molecule has 1 N–H and O–H groups in total. The van der Waals surface area contributed by atoms with Crippen molar-refractivity contribution in [2.75, 3.05) is 45.4 Å². The molecular formula is C13H28N2OS. The molecule has 0 bridgehead atoms. The maximum absolute atomic E-state index is 5.63. The summed E-state index contributed by atoms with van der Waals surface area (Å²) in [5, 5.41) is 3.60. The molecule has 0 amide bonds. The molecule has 0 radical (unpaired) electrons.